The first kappa shape index (κ1) is 15.1. The molecular weight excluding hydrogens is 301 g/mol. The highest BCUT2D eigenvalue weighted by Gasteiger charge is 2.19. The zero-order chi connectivity index (χ0) is 14.8. The SMILES string of the molecule is Cc1cc(F)ccc1S(=O)(=O)NCC(O)c1ccsc1. The van der Waals surface area contributed by atoms with Gasteiger partial charge < -0.3 is 5.11 Å². The summed E-state index contributed by atoms with van der Waals surface area (Å²) in [5.41, 5.74) is 0.982. The Hall–Kier alpha value is -1.28. The Morgan fingerprint density at radius 3 is 2.75 bits per heavy atom. The van der Waals surface area contributed by atoms with Crippen LogP contribution in [0.3, 0.4) is 0 Å². The quantitative estimate of drug-likeness (QED) is 0.889. The van der Waals surface area contributed by atoms with Crippen LogP contribution in [-0.2, 0) is 10.0 Å². The summed E-state index contributed by atoms with van der Waals surface area (Å²) in [7, 11) is -3.77. The predicted molar refractivity (Wildman–Crippen MR) is 75.6 cm³/mol. The normalized spacial score (nSPS) is 13.3. The van der Waals surface area contributed by atoms with E-state index in [4.69, 9.17) is 0 Å². The van der Waals surface area contributed by atoms with E-state index in [0.717, 1.165) is 12.1 Å². The van der Waals surface area contributed by atoms with E-state index in [0.29, 0.717) is 11.1 Å². The van der Waals surface area contributed by atoms with E-state index in [2.05, 4.69) is 4.72 Å². The molecule has 0 aliphatic carbocycles. The molecule has 7 heteroatoms. The molecule has 20 heavy (non-hydrogen) atoms. The van der Waals surface area contributed by atoms with E-state index in [-0.39, 0.29) is 11.4 Å². The molecular formula is C13H14FNO3S2. The van der Waals surface area contributed by atoms with E-state index in [1.807, 2.05) is 0 Å². The van der Waals surface area contributed by atoms with Crippen molar-refractivity contribution < 1.29 is 17.9 Å². The van der Waals surface area contributed by atoms with Gasteiger partial charge in [0.2, 0.25) is 10.0 Å². The highest BCUT2D eigenvalue weighted by molar-refractivity contribution is 7.89. The van der Waals surface area contributed by atoms with Gasteiger partial charge in [-0.2, -0.15) is 11.3 Å². The number of hydrogen-bond donors (Lipinski definition) is 2. The second kappa shape index (κ2) is 6.01. The van der Waals surface area contributed by atoms with Gasteiger partial charge in [0, 0.05) is 6.54 Å². The third kappa shape index (κ3) is 3.43. The smallest absolute Gasteiger partial charge is 0.240 e. The Balaban J connectivity index is 2.11. The first-order valence-corrected chi connectivity index (χ1v) is 8.29. The zero-order valence-corrected chi connectivity index (χ0v) is 12.3. The number of thiophene rings is 1. The van der Waals surface area contributed by atoms with Crippen molar-refractivity contribution in [2.45, 2.75) is 17.9 Å². The minimum Gasteiger partial charge on any atom is -0.387 e. The molecule has 4 nitrogen and oxygen atoms in total. The molecule has 2 aromatic rings. The number of nitrogens with one attached hydrogen (secondary N) is 1. The molecule has 1 aromatic carbocycles. The second-order valence-electron chi connectivity index (χ2n) is 4.33. The zero-order valence-electron chi connectivity index (χ0n) is 10.7. The number of sulfonamides is 1. The number of aliphatic hydroxyl groups excluding tert-OH is 1. The lowest BCUT2D eigenvalue weighted by atomic mass is 10.2. The summed E-state index contributed by atoms with van der Waals surface area (Å²) < 4.78 is 39.5. The second-order valence-corrected chi connectivity index (χ2v) is 6.85. The van der Waals surface area contributed by atoms with Gasteiger partial charge in [0.25, 0.3) is 0 Å². The van der Waals surface area contributed by atoms with Crippen LogP contribution in [0.5, 0.6) is 0 Å². The third-order valence-electron chi connectivity index (χ3n) is 2.82. The summed E-state index contributed by atoms with van der Waals surface area (Å²) in [5, 5.41) is 13.4. The molecule has 2 N–H and O–H groups in total. The molecule has 0 fully saturated rings. The van der Waals surface area contributed by atoms with Gasteiger partial charge in [-0.1, -0.05) is 0 Å². The van der Waals surface area contributed by atoms with Crippen LogP contribution in [0.15, 0.2) is 39.9 Å². The van der Waals surface area contributed by atoms with Crippen molar-refractivity contribution >= 4 is 21.4 Å². The Morgan fingerprint density at radius 1 is 1.40 bits per heavy atom. The van der Waals surface area contributed by atoms with Crippen molar-refractivity contribution in [3.05, 3.63) is 52.0 Å². The van der Waals surface area contributed by atoms with Gasteiger partial charge in [-0.05, 0) is 53.1 Å². The van der Waals surface area contributed by atoms with Crippen LogP contribution >= 0.6 is 11.3 Å². The number of benzene rings is 1. The fourth-order valence-corrected chi connectivity index (χ4v) is 3.73. The lowest BCUT2D eigenvalue weighted by molar-refractivity contribution is 0.182. The van der Waals surface area contributed by atoms with Crippen molar-refractivity contribution in [1.29, 1.82) is 0 Å². The topological polar surface area (TPSA) is 66.4 Å². The van der Waals surface area contributed by atoms with Crippen molar-refractivity contribution in [2.24, 2.45) is 0 Å². The van der Waals surface area contributed by atoms with Crippen molar-refractivity contribution in [2.75, 3.05) is 6.54 Å². The first-order valence-electron chi connectivity index (χ1n) is 5.86. The number of hydrogen-bond acceptors (Lipinski definition) is 4. The molecule has 0 bridgehead atoms. The molecule has 0 saturated heterocycles. The lowest BCUT2D eigenvalue weighted by Crippen LogP contribution is -2.29. The molecule has 1 atom stereocenters. The Kier molecular flexibility index (Phi) is 4.54. The molecule has 108 valence electrons. The number of rotatable bonds is 5. The predicted octanol–water partition coefficient (Wildman–Crippen LogP) is 2.21. The van der Waals surface area contributed by atoms with Crippen LogP contribution in [0.1, 0.15) is 17.2 Å². The minimum absolute atomic E-state index is 0.0106. The maximum atomic E-state index is 13.0. The summed E-state index contributed by atoms with van der Waals surface area (Å²) in [6.07, 6.45) is -0.906. The monoisotopic (exact) mass is 315 g/mol. The van der Waals surface area contributed by atoms with Gasteiger partial charge in [0.15, 0.2) is 0 Å². The fourth-order valence-electron chi connectivity index (χ4n) is 1.76. The van der Waals surface area contributed by atoms with Crippen LogP contribution in [0.25, 0.3) is 0 Å². The van der Waals surface area contributed by atoms with Gasteiger partial charge in [0.1, 0.15) is 5.82 Å². The highest BCUT2D eigenvalue weighted by atomic mass is 32.2. The number of aliphatic hydroxyl groups is 1. The summed E-state index contributed by atoms with van der Waals surface area (Å²) >= 11 is 1.42. The Labute approximate surface area is 120 Å². The Bertz CT molecular complexity index is 684. The van der Waals surface area contributed by atoms with Gasteiger partial charge in [-0.3, -0.25) is 0 Å². The van der Waals surface area contributed by atoms with Crippen molar-refractivity contribution in [3.8, 4) is 0 Å². The van der Waals surface area contributed by atoms with E-state index in [1.54, 1.807) is 16.8 Å². The largest absolute Gasteiger partial charge is 0.387 e. The van der Waals surface area contributed by atoms with E-state index in [9.17, 15) is 17.9 Å². The van der Waals surface area contributed by atoms with Crippen LogP contribution in [0.2, 0.25) is 0 Å². The van der Waals surface area contributed by atoms with Gasteiger partial charge in [-0.15, -0.1) is 0 Å². The van der Waals surface area contributed by atoms with Crippen LogP contribution < -0.4 is 4.72 Å². The molecule has 2 rings (SSSR count). The number of halogens is 1. The van der Waals surface area contributed by atoms with E-state index >= 15 is 0 Å². The average Bonchev–Trinajstić information content (AvgIpc) is 2.89. The standard InChI is InChI=1S/C13H14FNO3S2/c1-9-6-11(14)2-3-13(9)20(17,18)15-7-12(16)10-4-5-19-8-10/h2-6,8,12,15-16H,7H2,1H3. The average molecular weight is 315 g/mol. The molecule has 0 aliphatic heterocycles. The van der Waals surface area contributed by atoms with Gasteiger partial charge in [0.05, 0.1) is 11.0 Å². The minimum atomic E-state index is -3.77. The maximum Gasteiger partial charge on any atom is 0.240 e. The van der Waals surface area contributed by atoms with Crippen LogP contribution in [0, 0.1) is 12.7 Å². The van der Waals surface area contributed by atoms with Crippen molar-refractivity contribution in [3.63, 3.8) is 0 Å². The van der Waals surface area contributed by atoms with E-state index in [1.165, 1.54) is 24.3 Å². The van der Waals surface area contributed by atoms with Gasteiger partial charge >= 0.3 is 0 Å². The summed E-state index contributed by atoms with van der Waals surface area (Å²) in [5.74, 6) is -0.486. The maximum absolute atomic E-state index is 13.0. The Morgan fingerprint density at radius 2 is 2.15 bits per heavy atom. The molecule has 0 saturated carbocycles. The van der Waals surface area contributed by atoms with Crippen LogP contribution in [-0.4, -0.2) is 20.1 Å². The summed E-state index contributed by atoms with van der Waals surface area (Å²) in [4.78, 5) is 0.0106. The van der Waals surface area contributed by atoms with E-state index < -0.39 is 21.9 Å². The highest BCUT2D eigenvalue weighted by Crippen LogP contribution is 2.18. The number of aryl methyl sites for hydroxylation is 1. The molecule has 0 radical (unpaired) electrons. The lowest BCUT2D eigenvalue weighted by Gasteiger charge is -2.12. The van der Waals surface area contributed by atoms with Crippen LogP contribution in [0.4, 0.5) is 4.39 Å². The molecule has 1 aromatic heterocycles. The summed E-state index contributed by atoms with van der Waals surface area (Å²) in [6.45, 7) is 1.39. The first-order chi connectivity index (χ1) is 9.40. The molecule has 1 heterocycles. The summed E-state index contributed by atoms with van der Waals surface area (Å²) in [6, 6.07) is 5.19. The molecule has 0 spiro atoms. The third-order valence-corrected chi connectivity index (χ3v) is 5.11. The van der Waals surface area contributed by atoms with Gasteiger partial charge in [-0.25, -0.2) is 17.5 Å². The fraction of sp³-hybridized carbons (Fsp3) is 0.231. The molecule has 1 unspecified atom stereocenters. The molecule has 0 aliphatic rings. The molecule has 0 amide bonds. The van der Waals surface area contributed by atoms with Crippen molar-refractivity contribution in [1.82, 2.24) is 4.72 Å².